The number of carbonyl (C=O) groups excluding carboxylic acids is 3. The van der Waals surface area contributed by atoms with E-state index in [1.807, 2.05) is 0 Å². The summed E-state index contributed by atoms with van der Waals surface area (Å²) < 4.78 is 9.86. The number of Topliss-reactive ketones (excluding diaryl/α,β-unsaturated/α-hetero) is 1. The number of ketones is 1. The number of carbonyl (C=O) groups is 3. The summed E-state index contributed by atoms with van der Waals surface area (Å²) >= 11 is 7.10. The topological polar surface area (TPSA) is 93.1 Å². The smallest absolute Gasteiger partial charge is 0.348 e. The molecular weight excluding hydrogens is 418 g/mol. The summed E-state index contributed by atoms with van der Waals surface area (Å²) in [4.78, 5) is 39.3. The number of methoxy groups -OCH3 is 2. The molecule has 1 N–H and O–H groups in total. The lowest BCUT2D eigenvalue weighted by atomic mass is 9.93. The highest BCUT2D eigenvalue weighted by molar-refractivity contribution is 8.05. The van der Waals surface area contributed by atoms with E-state index in [0.717, 1.165) is 16.7 Å². The number of ether oxygens (including phenoxy) is 2. The van der Waals surface area contributed by atoms with E-state index >= 15 is 0 Å². The van der Waals surface area contributed by atoms with Crippen LogP contribution in [0.5, 0.6) is 5.75 Å². The molecule has 1 aromatic carbocycles. The first-order chi connectivity index (χ1) is 13.7. The van der Waals surface area contributed by atoms with Crippen LogP contribution in [0.1, 0.15) is 24.2 Å². The summed E-state index contributed by atoms with van der Waals surface area (Å²) in [5, 5.41) is 10.4. The maximum Gasteiger partial charge on any atom is 0.348 e. The largest absolute Gasteiger partial charge is 0.507 e. The Hall–Kier alpha value is -2.71. The Kier molecular flexibility index (Phi) is 5.51. The van der Waals surface area contributed by atoms with Crippen molar-refractivity contribution in [2.75, 3.05) is 14.2 Å². The molecule has 0 saturated carbocycles. The Morgan fingerprint density at radius 2 is 1.86 bits per heavy atom. The summed E-state index contributed by atoms with van der Waals surface area (Å²) in [5.41, 5.74) is 0.674. The molecule has 0 spiro atoms. The van der Waals surface area contributed by atoms with Gasteiger partial charge in [-0.2, -0.15) is 0 Å². The third kappa shape index (κ3) is 3.22. The van der Waals surface area contributed by atoms with E-state index in [9.17, 15) is 19.5 Å². The molecule has 1 unspecified atom stereocenters. The minimum absolute atomic E-state index is 0.0278. The number of phenols is 1. The molecule has 0 bridgehead atoms. The SMILES string of the molecule is COC(=O)C1=CC(C(=O)c2cc(Cl)ccc2O)=CN2C(C)=C(C)SC12C(=O)OC. The fourth-order valence-corrected chi connectivity index (χ4v) is 4.79. The molecule has 7 nitrogen and oxygen atoms in total. The van der Waals surface area contributed by atoms with Gasteiger partial charge in [-0.25, -0.2) is 9.59 Å². The van der Waals surface area contributed by atoms with Gasteiger partial charge in [0.15, 0.2) is 5.78 Å². The second kappa shape index (κ2) is 7.61. The second-order valence-electron chi connectivity index (χ2n) is 6.37. The number of hydrogen-bond donors (Lipinski definition) is 1. The first-order valence-electron chi connectivity index (χ1n) is 8.47. The number of esters is 2. The fraction of sp³-hybridized carbons (Fsp3) is 0.250. The Morgan fingerprint density at radius 1 is 1.17 bits per heavy atom. The molecule has 29 heavy (non-hydrogen) atoms. The van der Waals surface area contributed by atoms with Crippen molar-refractivity contribution in [2.24, 2.45) is 0 Å². The van der Waals surface area contributed by atoms with Crippen molar-refractivity contribution in [3.8, 4) is 5.75 Å². The van der Waals surface area contributed by atoms with Gasteiger partial charge in [0.1, 0.15) is 5.75 Å². The molecule has 3 rings (SSSR count). The summed E-state index contributed by atoms with van der Waals surface area (Å²) in [5.74, 6) is -2.27. The van der Waals surface area contributed by atoms with Crippen LogP contribution in [0.25, 0.3) is 0 Å². The zero-order valence-corrected chi connectivity index (χ0v) is 17.7. The van der Waals surface area contributed by atoms with Crippen LogP contribution < -0.4 is 0 Å². The molecular formula is C20H18ClNO6S. The number of thioether (sulfide) groups is 1. The number of aromatic hydroxyl groups is 1. The van der Waals surface area contributed by atoms with Gasteiger partial charge >= 0.3 is 11.9 Å². The van der Waals surface area contributed by atoms with Crippen LogP contribution in [0.15, 0.2) is 52.2 Å². The van der Waals surface area contributed by atoms with E-state index in [4.69, 9.17) is 21.1 Å². The normalized spacial score (nSPS) is 20.7. The van der Waals surface area contributed by atoms with Crippen LogP contribution in [0, 0.1) is 0 Å². The van der Waals surface area contributed by atoms with E-state index in [0.29, 0.717) is 5.70 Å². The van der Waals surface area contributed by atoms with Gasteiger partial charge in [0.25, 0.3) is 0 Å². The lowest BCUT2D eigenvalue weighted by Gasteiger charge is -2.38. The Balaban J connectivity index is 2.21. The molecule has 0 saturated heterocycles. The number of fused-ring (bicyclic) bond motifs is 1. The molecule has 2 heterocycles. The number of benzene rings is 1. The molecule has 2 aliphatic rings. The van der Waals surface area contributed by atoms with Crippen molar-refractivity contribution in [3.05, 3.63) is 62.8 Å². The number of halogens is 1. The van der Waals surface area contributed by atoms with Crippen LogP contribution in [0.3, 0.4) is 0 Å². The summed E-state index contributed by atoms with van der Waals surface area (Å²) in [6, 6.07) is 4.10. The predicted molar refractivity (Wildman–Crippen MR) is 108 cm³/mol. The minimum Gasteiger partial charge on any atom is -0.507 e. The van der Waals surface area contributed by atoms with E-state index in [1.54, 1.807) is 13.8 Å². The zero-order chi connectivity index (χ0) is 21.5. The highest BCUT2D eigenvalue weighted by Crippen LogP contribution is 2.53. The van der Waals surface area contributed by atoms with Crippen LogP contribution in [0.4, 0.5) is 0 Å². The monoisotopic (exact) mass is 435 g/mol. The maximum absolute atomic E-state index is 13.1. The molecule has 9 heteroatoms. The first-order valence-corrected chi connectivity index (χ1v) is 9.66. The third-order valence-corrected chi connectivity index (χ3v) is 6.49. The van der Waals surface area contributed by atoms with Crippen LogP contribution >= 0.6 is 23.4 Å². The second-order valence-corrected chi connectivity index (χ2v) is 8.22. The van der Waals surface area contributed by atoms with Crippen LogP contribution in [-0.2, 0) is 19.1 Å². The summed E-state index contributed by atoms with van der Waals surface area (Å²) in [7, 11) is 2.41. The molecule has 0 radical (unpaired) electrons. The van der Waals surface area contributed by atoms with Crippen molar-refractivity contribution in [3.63, 3.8) is 0 Å². The number of hydrogen-bond acceptors (Lipinski definition) is 8. The highest BCUT2D eigenvalue weighted by atomic mass is 35.5. The van der Waals surface area contributed by atoms with Gasteiger partial charge in [0.2, 0.25) is 4.87 Å². The van der Waals surface area contributed by atoms with E-state index in [2.05, 4.69) is 0 Å². The quantitative estimate of drug-likeness (QED) is 0.568. The summed E-state index contributed by atoms with van der Waals surface area (Å²) in [6.07, 6.45) is 2.76. The molecule has 0 aromatic heterocycles. The Morgan fingerprint density at radius 3 is 2.48 bits per heavy atom. The molecule has 1 atom stereocenters. The predicted octanol–water partition coefficient (Wildman–Crippen LogP) is 3.39. The molecule has 0 amide bonds. The summed E-state index contributed by atoms with van der Waals surface area (Å²) in [6.45, 7) is 3.57. The Labute approximate surface area is 176 Å². The van der Waals surface area contributed by atoms with Gasteiger partial charge in [0.05, 0.1) is 25.4 Å². The molecule has 152 valence electrons. The van der Waals surface area contributed by atoms with Gasteiger partial charge < -0.3 is 19.5 Å². The van der Waals surface area contributed by atoms with Gasteiger partial charge in [-0.15, -0.1) is 0 Å². The first kappa shape index (κ1) is 21.0. The van der Waals surface area contributed by atoms with E-state index in [1.165, 1.54) is 49.6 Å². The third-order valence-electron chi connectivity index (χ3n) is 4.78. The van der Waals surface area contributed by atoms with Crippen molar-refractivity contribution < 1.29 is 29.0 Å². The standard InChI is InChI=1S/C20H18ClNO6S/c1-10-11(2)29-20(19(26)28-4)15(18(25)27-3)7-12(9-22(10)20)17(24)14-8-13(21)5-6-16(14)23/h5-9,23H,1-4H3. The zero-order valence-electron chi connectivity index (χ0n) is 16.1. The van der Waals surface area contributed by atoms with Crippen molar-refractivity contribution in [1.82, 2.24) is 4.90 Å². The lowest BCUT2D eigenvalue weighted by molar-refractivity contribution is -0.149. The number of rotatable bonds is 4. The van der Waals surface area contributed by atoms with E-state index in [-0.39, 0.29) is 27.5 Å². The van der Waals surface area contributed by atoms with Gasteiger partial charge in [0, 0.05) is 27.4 Å². The minimum atomic E-state index is -1.53. The lowest BCUT2D eigenvalue weighted by Crippen LogP contribution is -2.52. The van der Waals surface area contributed by atoms with Crippen molar-refractivity contribution in [1.29, 1.82) is 0 Å². The Bertz CT molecular complexity index is 1030. The average Bonchev–Trinajstić information content (AvgIpc) is 2.98. The van der Waals surface area contributed by atoms with Gasteiger partial charge in [-0.3, -0.25) is 4.79 Å². The number of allylic oxidation sites excluding steroid dienone is 4. The van der Waals surface area contributed by atoms with Crippen LogP contribution in [-0.4, -0.2) is 46.8 Å². The van der Waals surface area contributed by atoms with Gasteiger partial charge in [-0.1, -0.05) is 23.4 Å². The van der Waals surface area contributed by atoms with E-state index < -0.39 is 22.6 Å². The fourth-order valence-electron chi connectivity index (χ4n) is 3.22. The van der Waals surface area contributed by atoms with Crippen molar-refractivity contribution >= 4 is 41.1 Å². The molecule has 1 aromatic rings. The highest BCUT2D eigenvalue weighted by Gasteiger charge is 2.57. The molecule has 0 aliphatic carbocycles. The molecule has 0 fully saturated rings. The number of nitrogens with zero attached hydrogens (tertiary/aromatic N) is 1. The maximum atomic E-state index is 13.1. The number of phenolic OH excluding ortho intramolecular Hbond substituents is 1. The average molecular weight is 436 g/mol. The van der Waals surface area contributed by atoms with Crippen molar-refractivity contribution in [2.45, 2.75) is 18.7 Å². The molecule has 2 aliphatic heterocycles. The van der Waals surface area contributed by atoms with Crippen LogP contribution in [0.2, 0.25) is 5.02 Å². The van der Waals surface area contributed by atoms with Gasteiger partial charge in [-0.05, 0) is 38.1 Å².